The van der Waals surface area contributed by atoms with Crippen molar-refractivity contribution in [3.8, 4) is 5.69 Å². The molecule has 1 aliphatic rings. The topological polar surface area (TPSA) is 58.9 Å². The van der Waals surface area contributed by atoms with E-state index in [0.29, 0.717) is 16.2 Å². The van der Waals surface area contributed by atoms with Crippen LogP contribution in [0.4, 0.5) is 0 Å². The molecule has 0 amide bonds. The molecule has 0 saturated carbocycles. The molecular weight excluding hydrogens is 318 g/mol. The summed E-state index contributed by atoms with van der Waals surface area (Å²) in [7, 11) is 0. The van der Waals surface area contributed by atoms with E-state index < -0.39 is 0 Å². The maximum Gasteiger partial charge on any atom is 0.159 e. The summed E-state index contributed by atoms with van der Waals surface area (Å²) in [5, 5.41) is 8.73. The third-order valence-electron chi connectivity index (χ3n) is 3.52. The Labute approximate surface area is 136 Å². The Hall–Kier alpha value is -2.31. The molecule has 0 spiro atoms. The Kier molecular flexibility index (Phi) is 3.13. The molecule has 3 aromatic rings. The predicted molar refractivity (Wildman–Crippen MR) is 87.3 cm³/mol. The SMILES string of the molecule is S=c1ccc2c([nH]1)C(c1ccccc1Cl)=NCc1nncn1-2. The maximum atomic E-state index is 6.35. The van der Waals surface area contributed by atoms with Gasteiger partial charge in [0.05, 0.1) is 22.1 Å². The van der Waals surface area contributed by atoms with Crippen molar-refractivity contribution >= 4 is 29.5 Å². The van der Waals surface area contributed by atoms with Crippen LogP contribution >= 0.6 is 23.8 Å². The number of nitrogens with one attached hydrogen (secondary N) is 1. The van der Waals surface area contributed by atoms with Gasteiger partial charge in [-0.15, -0.1) is 10.2 Å². The van der Waals surface area contributed by atoms with E-state index in [2.05, 4.69) is 20.2 Å². The van der Waals surface area contributed by atoms with E-state index in [-0.39, 0.29) is 0 Å². The van der Waals surface area contributed by atoms with E-state index in [9.17, 15) is 0 Å². The van der Waals surface area contributed by atoms with Crippen molar-refractivity contribution in [2.24, 2.45) is 4.99 Å². The molecule has 1 N–H and O–H groups in total. The zero-order valence-corrected chi connectivity index (χ0v) is 12.9. The van der Waals surface area contributed by atoms with Crippen molar-refractivity contribution in [2.45, 2.75) is 6.54 Å². The second-order valence-corrected chi connectivity index (χ2v) is 5.69. The van der Waals surface area contributed by atoms with Gasteiger partial charge in [0.1, 0.15) is 17.5 Å². The Morgan fingerprint density at radius 3 is 2.91 bits per heavy atom. The van der Waals surface area contributed by atoms with Gasteiger partial charge in [-0.3, -0.25) is 9.56 Å². The number of H-pyrrole nitrogens is 1. The predicted octanol–water partition coefficient (Wildman–Crippen LogP) is 3.33. The molecule has 0 aliphatic carbocycles. The number of hydrogen-bond acceptors (Lipinski definition) is 4. The summed E-state index contributed by atoms with van der Waals surface area (Å²) in [6, 6.07) is 11.4. The lowest BCUT2D eigenvalue weighted by atomic mass is 10.1. The fourth-order valence-corrected chi connectivity index (χ4v) is 2.91. The van der Waals surface area contributed by atoms with Crippen molar-refractivity contribution in [3.05, 3.63) is 69.5 Å². The molecule has 1 aromatic carbocycles. The number of hydrogen-bond donors (Lipinski definition) is 1. The Morgan fingerprint density at radius 2 is 2.05 bits per heavy atom. The normalized spacial score (nSPS) is 13.0. The van der Waals surface area contributed by atoms with Crippen LogP contribution in [0.25, 0.3) is 5.69 Å². The van der Waals surface area contributed by atoms with E-state index in [1.165, 1.54) is 0 Å². The molecule has 3 heterocycles. The molecule has 2 aromatic heterocycles. The minimum Gasteiger partial charge on any atom is -0.343 e. The highest BCUT2D eigenvalue weighted by Crippen LogP contribution is 2.25. The van der Waals surface area contributed by atoms with E-state index >= 15 is 0 Å². The summed E-state index contributed by atoms with van der Waals surface area (Å²) in [5.74, 6) is 0.772. The number of aromatic nitrogens is 4. The van der Waals surface area contributed by atoms with E-state index in [1.54, 1.807) is 6.33 Å². The van der Waals surface area contributed by atoms with Gasteiger partial charge in [-0.1, -0.05) is 42.0 Å². The quantitative estimate of drug-likeness (QED) is 0.697. The first-order chi connectivity index (χ1) is 10.7. The maximum absolute atomic E-state index is 6.35. The second-order valence-electron chi connectivity index (χ2n) is 4.84. The molecular formula is C15H10ClN5S. The number of rotatable bonds is 1. The summed E-state index contributed by atoms with van der Waals surface area (Å²) in [5.41, 5.74) is 3.36. The summed E-state index contributed by atoms with van der Waals surface area (Å²) in [6.45, 7) is 0.426. The van der Waals surface area contributed by atoms with Gasteiger partial charge in [0, 0.05) is 5.56 Å². The fraction of sp³-hybridized carbons (Fsp3) is 0.0667. The molecule has 0 radical (unpaired) electrons. The van der Waals surface area contributed by atoms with Crippen LogP contribution in [0.15, 0.2) is 47.7 Å². The van der Waals surface area contributed by atoms with Gasteiger partial charge in [-0.2, -0.15) is 0 Å². The van der Waals surface area contributed by atoms with Crippen LogP contribution in [-0.4, -0.2) is 25.5 Å². The number of aromatic amines is 1. The van der Waals surface area contributed by atoms with Crippen LogP contribution in [0.3, 0.4) is 0 Å². The first kappa shape index (κ1) is 13.4. The lowest BCUT2D eigenvalue weighted by Crippen LogP contribution is -2.10. The summed E-state index contributed by atoms with van der Waals surface area (Å²) in [4.78, 5) is 7.90. The van der Waals surface area contributed by atoms with Crippen molar-refractivity contribution < 1.29 is 0 Å². The highest BCUT2D eigenvalue weighted by Gasteiger charge is 2.21. The highest BCUT2D eigenvalue weighted by atomic mass is 35.5. The van der Waals surface area contributed by atoms with Crippen molar-refractivity contribution in [1.82, 2.24) is 19.7 Å². The number of benzene rings is 1. The summed E-state index contributed by atoms with van der Waals surface area (Å²) in [6.07, 6.45) is 1.68. The summed E-state index contributed by atoms with van der Waals surface area (Å²) >= 11 is 11.6. The molecule has 0 saturated heterocycles. The van der Waals surface area contributed by atoms with E-state index in [1.807, 2.05) is 41.0 Å². The van der Waals surface area contributed by atoms with Gasteiger partial charge in [-0.25, -0.2) is 0 Å². The molecule has 0 bridgehead atoms. The molecule has 0 fully saturated rings. The van der Waals surface area contributed by atoms with Crippen LogP contribution in [0.1, 0.15) is 17.1 Å². The average Bonchev–Trinajstić information content (AvgIpc) is 2.92. The lowest BCUT2D eigenvalue weighted by molar-refractivity contribution is 0.869. The van der Waals surface area contributed by atoms with Crippen LogP contribution in [-0.2, 0) is 6.54 Å². The first-order valence-electron chi connectivity index (χ1n) is 6.66. The van der Waals surface area contributed by atoms with Crippen molar-refractivity contribution in [1.29, 1.82) is 0 Å². The summed E-state index contributed by atoms with van der Waals surface area (Å²) < 4.78 is 2.54. The monoisotopic (exact) mass is 327 g/mol. The third-order valence-corrected chi connectivity index (χ3v) is 4.09. The zero-order valence-electron chi connectivity index (χ0n) is 11.3. The Morgan fingerprint density at radius 1 is 1.18 bits per heavy atom. The zero-order chi connectivity index (χ0) is 15.1. The molecule has 0 unspecified atom stereocenters. The molecule has 1 aliphatic heterocycles. The second kappa shape index (κ2) is 5.15. The first-order valence-corrected chi connectivity index (χ1v) is 7.45. The standard InChI is InChI=1S/C15H10ClN5S/c16-10-4-2-1-3-9(10)14-15-11(5-6-13(22)19-15)21-8-18-20-12(21)7-17-14/h1-6,8H,7H2,(H,19,22). The van der Waals surface area contributed by atoms with E-state index in [4.69, 9.17) is 23.8 Å². The smallest absolute Gasteiger partial charge is 0.159 e. The van der Waals surface area contributed by atoms with Crippen LogP contribution in [0.2, 0.25) is 5.02 Å². The molecule has 22 heavy (non-hydrogen) atoms. The minimum absolute atomic E-state index is 0.426. The van der Waals surface area contributed by atoms with Gasteiger partial charge in [-0.05, 0) is 18.2 Å². The number of pyridine rings is 1. The van der Waals surface area contributed by atoms with Crippen LogP contribution in [0, 0.1) is 4.64 Å². The fourth-order valence-electron chi connectivity index (χ4n) is 2.52. The van der Waals surface area contributed by atoms with Gasteiger partial charge in [0.15, 0.2) is 5.82 Å². The molecule has 7 heteroatoms. The minimum atomic E-state index is 0.426. The molecule has 5 nitrogen and oxygen atoms in total. The highest BCUT2D eigenvalue weighted by molar-refractivity contribution is 7.71. The van der Waals surface area contributed by atoms with Crippen LogP contribution < -0.4 is 0 Å². The number of halogens is 1. The van der Waals surface area contributed by atoms with Crippen molar-refractivity contribution in [3.63, 3.8) is 0 Å². The molecule has 108 valence electrons. The largest absolute Gasteiger partial charge is 0.343 e. The average molecular weight is 328 g/mol. The Bertz CT molecular complexity index is 956. The third kappa shape index (κ3) is 2.08. The van der Waals surface area contributed by atoms with Gasteiger partial charge >= 0.3 is 0 Å². The van der Waals surface area contributed by atoms with E-state index in [0.717, 1.165) is 28.5 Å². The van der Waals surface area contributed by atoms with Gasteiger partial charge in [0.2, 0.25) is 0 Å². The number of aliphatic imine (C=N–C) groups is 1. The van der Waals surface area contributed by atoms with Gasteiger partial charge in [0.25, 0.3) is 0 Å². The molecule has 4 rings (SSSR count). The van der Waals surface area contributed by atoms with Crippen LogP contribution in [0.5, 0.6) is 0 Å². The Balaban J connectivity index is 2.03. The number of nitrogens with zero attached hydrogens (tertiary/aromatic N) is 4. The van der Waals surface area contributed by atoms with Crippen molar-refractivity contribution in [2.75, 3.05) is 0 Å². The molecule has 0 atom stereocenters. The lowest BCUT2D eigenvalue weighted by Gasteiger charge is -2.12. The van der Waals surface area contributed by atoms with Gasteiger partial charge < -0.3 is 4.98 Å². The number of fused-ring (bicyclic) bond motifs is 3.